The minimum absolute atomic E-state index is 0.290. The molecule has 6 heteroatoms. The second-order valence-corrected chi connectivity index (χ2v) is 6.78. The lowest BCUT2D eigenvalue weighted by atomic mass is 9.95. The van der Waals surface area contributed by atoms with E-state index in [0.29, 0.717) is 27.3 Å². The minimum Gasteiger partial charge on any atom is -0.367 e. The molecule has 4 nitrogen and oxygen atoms in total. The quantitative estimate of drug-likeness (QED) is 0.765. The van der Waals surface area contributed by atoms with Gasteiger partial charge >= 0.3 is 0 Å². The fourth-order valence-electron chi connectivity index (χ4n) is 2.87. The van der Waals surface area contributed by atoms with Gasteiger partial charge in [-0.05, 0) is 37.1 Å². The number of hydrogen-bond acceptors (Lipinski definition) is 3. The zero-order valence-electron chi connectivity index (χ0n) is 13.2. The number of nitrogens with one attached hydrogen (secondary N) is 2. The summed E-state index contributed by atoms with van der Waals surface area (Å²) in [6.45, 7) is 0. The molecule has 24 heavy (non-hydrogen) atoms. The SMILES string of the molecule is O=C(Nc1c(Cl)cccc1Cl)c1ccc(NC2CCCCC2)nc1. The van der Waals surface area contributed by atoms with Crippen molar-refractivity contribution in [1.29, 1.82) is 0 Å². The van der Waals surface area contributed by atoms with Crippen molar-refractivity contribution in [2.24, 2.45) is 0 Å². The zero-order chi connectivity index (χ0) is 16.9. The molecule has 0 radical (unpaired) electrons. The van der Waals surface area contributed by atoms with Crippen molar-refractivity contribution in [1.82, 2.24) is 4.98 Å². The number of carbonyl (C=O) groups excluding carboxylic acids is 1. The molecule has 1 amide bonds. The molecule has 0 aliphatic heterocycles. The first-order valence-corrected chi connectivity index (χ1v) is 8.87. The molecule has 2 N–H and O–H groups in total. The Labute approximate surface area is 151 Å². The highest BCUT2D eigenvalue weighted by molar-refractivity contribution is 6.40. The summed E-state index contributed by atoms with van der Waals surface area (Å²) in [6.07, 6.45) is 7.75. The Bertz CT molecular complexity index is 692. The Balaban J connectivity index is 1.65. The highest BCUT2D eigenvalue weighted by Gasteiger charge is 2.15. The number of carbonyl (C=O) groups is 1. The largest absolute Gasteiger partial charge is 0.367 e. The second-order valence-electron chi connectivity index (χ2n) is 5.96. The summed E-state index contributed by atoms with van der Waals surface area (Å²) in [5.41, 5.74) is 0.871. The molecular weight excluding hydrogens is 345 g/mol. The Hall–Kier alpha value is -1.78. The van der Waals surface area contributed by atoms with E-state index in [4.69, 9.17) is 23.2 Å². The number of amides is 1. The van der Waals surface area contributed by atoms with Crippen LogP contribution >= 0.6 is 23.2 Å². The molecule has 0 unspecified atom stereocenters. The van der Waals surface area contributed by atoms with Crippen molar-refractivity contribution < 1.29 is 4.79 Å². The van der Waals surface area contributed by atoms with Crippen LogP contribution in [0.25, 0.3) is 0 Å². The molecule has 1 heterocycles. The van der Waals surface area contributed by atoms with Crippen LogP contribution in [0.5, 0.6) is 0 Å². The average Bonchev–Trinajstić information content (AvgIpc) is 2.60. The summed E-state index contributed by atoms with van der Waals surface area (Å²) in [5, 5.41) is 6.97. The molecule has 1 fully saturated rings. The molecule has 1 aliphatic rings. The van der Waals surface area contributed by atoms with Crippen molar-refractivity contribution in [3.05, 3.63) is 52.1 Å². The predicted octanol–water partition coefficient (Wildman–Crippen LogP) is 5.39. The number of nitrogens with zero attached hydrogens (tertiary/aromatic N) is 1. The van der Waals surface area contributed by atoms with E-state index in [9.17, 15) is 4.79 Å². The number of aromatic nitrogens is 1. The molecule has 0 saturated heterocycles. The third-order valence-corrected chi connectivity index (χ3v) is 4.81. The highest BCUT2D eigenvalue weighted by Crippen LogP contribution is 2.30. The van der Waals surface area contributed by atoms with Crippen LogP contribution in [-0.4, -0.2) is 16.9 Å². The molecule has 0 spiro atoms. The van der Waals surface area contributed by atoms with Gasteiger partial charge in [0.15, 0.2) is 0 Å². The number of pyridine rings is 1. The first-order valence-electron chi connectivity index (χ1n) is 8.11. The summed E-state index contributed by atoms with van der Waals surface area (Å²) in [7, 11) is 0. The van der Waals surface area contributed by atoms with Gasteiger partial charge in [-0.15, -0.1) is 0 Å². The number of anilines is 2. The molecule has 1 aromatic heterocycles. The van der Waals surface area contributed by atoms with Gasteiger partial charge in [-0.2, -0.15) is 0 Å². The Kier molecular flexibility index (Phi) is 5.59. The highest BCUT2D eigenvalue weighted by atomic mass is 35.5. The van der Waals surface area contributed by atoms with Gasteiger partial charge in [-0.3, -0.25) is 4.79 Å². The maximum absolute atomic E-state index is 12.3. The van der Waals surface area contributed by atoms with Gasteiger partial charge in [-0.25, -0.2) is 4.98 Å². The van der Waals surface area contributed by atoms with Crippen molar-refractivity contribution in [2.45, 2.75) is 38.1 Å². The van der Waals surface area contributed by atoms with E-state index in [2.05, 4.69) is 15.6 Å². The van der Waals surface area contributed by atoms with Crippen LogP contribution in [0.1, 0.15) is 42.5 Å². The lowest BCUT2D eigenvalue weighted by Gasteiger charge is -2.23. The topological polar surface area (TPSA) is 54.0 Å². The van der Waals surface area contributed by atoms with Gasteiger partial charge in [0.05, 0.1) is 21.3 Å². The minimum atomic E-state index is -0.290. The number of hydrogen-bond donors (Lipinski definition) is 2. The lowest BCUT2D eigenvalue weighted by Crippen LogP contribution is -2.23. The number of halogens is 2. The normalized spacial score (nSPS) is 15.1. The van der Waals surface area contributed by atoms with Crippen LogP contribution < -0.4 is 10.6 Å². The van der Waals surface area contributed by atoms with E-state index in [0.717, 1.165) is 5.82 Å². The van der Waals surface area contributed by atoms with Gasteiger partial charge < -0.3 is 10.6 Å². The molecule has 126 valence electrons. The summed E-state index contributed by atoms with van der Waals surface area (Å²) < 4.78 is 0. The first-order chi connectivity index (χ1) is 11.6. The maximum atomic E-state index is 12.3. The van der Waals surface area contributed by atoms with Gasteiger partial charge in [0, 0.05) is 12.2 Å². The summed E-state index contributed by atoms with van der Waals surface area (Å²) in [4.78, 5) is 16.7. The maximum Gasteiger partial charge on any atom is 0.257 e. The summed E-state index contributed by atoms with van der Waals surface area (Å²) in [6, 6.07) is 9.15. The molecular formula is C18H19Cl2N3O. The standard InChI is InChI=1S/C18H19Cl2N3O/c19-14-7-4-8-15(20)17(14)23-18(24)12-9-10-16(21-11-12)22-13-5-2-1-3-6-13/h4,7-11,13H,1-3,5-6H2,(H,21,22)(H,23,24). The van der Waals surface area contributed by atoms with Crippen molar-refractivity contribution in [3.63, 3.8) is 0 Å². The van der Waals surface area contributed by atoms with Crippen LogP contribution in [0.3, 0.4) is 0 Å². The number of para-hydroxylation sites is 1. The van der Waals surface area contributed by atoms with E-state index < -0.39 is 0 Å². The molecule has 2 aromatic rings. The Morgan fingerprint density at radius 3 is 2.38 bits per heavy atom. The summed E-state index contributed by atoms with van der Waals surface area (Å²) in [5.74, 6) is 0.510. The zero-order valence-corrected chi connectivity index (χ0v) is 14.7. The first kappa shape index (κ1) is 17.1. The molecule has 0 bridgehead atoms. The second kappa shape index (κ2) is 7.86. The molecule has 1 aromatic carbocycles. The lowest BCUT2D eigenvalue weighted by molar-refractivity contribution is 0.102. The Morgan fingerprint density at radius 2 is 1.75 bits per heavy atom. The monoisotopic (exact) mass is 363 g/mol. The van der Waals surface area contributed by atoms with Crippen molar-refractivity contribution in [2.75, 3.05) is 10.6 Å². The van der Waals surface area contributed by atoms with Crippen molar-refractivity contribution in [3.8, 4) is 0 Å². The van der Waals surface area contributed by atoms with Gasteiger partial charge in [0.25, 0.3) is 5.91 Å². The van der Waals surface area contributed by atoms with E-state index in [1.165, 1.54) is 32.1 Å². The molecule has 1 aliphatic carbocycles. The fourth-order valence-corrected chi connectivity index (χ4v) is 3.36. The number of rotatable bonds is 4. The van der Waals surface area contributed by atoms with E-state index in [1.54, 1.807) is 30.5 Å². The Morgan fingerprint density at radius 1 is 1.04 bits per heavy atom. The number of benzene rings is 1. The van der Waals surface area contributed by atoms with Gasteiger partial charge in [-0.1, -0.05) is 48.5 Å². The predicted molar refractivity (Wildman–Crippen MR) is 99.1 cm³/mol. The van der Waals surface area contributed by atoms with Crippen LogP contribution in [0.15, 0.2) is 36.5 Å². The molecule has 3 rings (SSSR count). The van der Waals surface area contributed by atoms with Crippen LogP contribution in [-0.2, 0) is 0 Å². The molecule has 0 atom stereocenters. The summed E-state index contributed by atoms with van der Waals surface area (Å²) >= 11 is 12.1. The third-order valence-electron chi connectivity index (χ3n) is 4.18. The average molecular weight is 364 g/mol. The van der Waals surface area contributed by atoms with E-state index in [1.807, 2.05) is 6.07 Å². The van der Waals surface area contributed by atoms with Gasteiger partial charge in [0.2, 0.25) is 0 Å². The van der Waals surface area contributed by atoms with Crippen molar-refractivity contribution >= 4 is 40.6 Å². The fraction of sp³-hybridized carbons (Fsp3) is 0.333. The van der Waals surface area contributed by atoms with Crippen LogP contribution in [0.4, 0.5) is 11.5 Å². The molecule has 1 saturated carbocycles. The van der Waals surface area contributed by atoms with E-state index in [-0.39, 0.29) is 5.91 Å². The smallest absolute Gasteiger partial charge is 0.257 e. The van der Waals surface area contributed by atoms with E-state index >= 15 is 0 Å². The van der Waals surface area contributed by atoms with Crippen LogP contribution in [0.2, 0.25) is 10.0 Å². The van der Waals surface area contributed by atoms with Crippen LogP contribution in [0, 0.1) is 0 Å². The van der Waals surface area contributed by atoms with Gasteiger partial charge in [0.1, 0.15) is 5.82 Å². The third kappa shape index (κ3) is 4.19.